The third-order valence-corrected chi connectivity index (χ3v) is 6.95. The number of amidine groups is 1. The Morgan fingerprint density at radius 2 is 1.53 bits per heavy atom. The van der Waals surface area contributed by atoms with Gasteiger partial charge in [0, 0.05) is 29.6 Å². The van der Waals surface area contributed by atoms with Crippen molar-refractivity contribution in [2.45, 2.75) is 27.2 Å². The Labute approximate surface area is 200 Å². The summed E-state index contributed by atoms with van der Waals surface area (Å²) in [4.78, 5) is 4.94. The van der Waals surface area contributed by atoms with Crippen molar-refractivity contribution < 1.29 is 4.74 Å². The third kappa shape index (κ3) is 3.23. The van der Waals surface area contributed by atoms with Crippen LogP contribution in [0.2, 0.25) is 0 Å². The number of hydrogen-bond donors (Lipinski definition) is 1. The highest BCUT2D eigenvalue weighted by Gasteiger charge is 2.30. The van der Waals surface area contributed by atoms with E-state index < -0.39 is 0 Å². The van der Waals surface area contributed by atoms with Crippen LogP contribution in [-0.4, -0.2) is 18.9 Å². The van der Waals surface area contributed by atoms with Crippen molar-refractivity contribution in [3.8, 4) is 16.9 Å². The molecule has 4 aromatic carbocycles. The highest BCUT2D eigenvalue weighted by atomic mass is 16.5. The van der Waals surface area contributed by atoms with Crippen molar-refractivity contribution in [1.82, 2.24) is 5.32 Å². The molecule has 2 aliphatic rings. The van der Waals surface area contributed by atoms with Gasteiger partial charge in [0.05, 0.1) is 5.56 Å². The Morgan fingerprint density at radius 1 is 0.824 bits per heavy atom. The lowest BCUT2D eigenvalue weighted by atomic mass is 9.83. The highest BCUT2D eigenvalue weighted by molar-refractivity contribution is 6.18. The minimum Gasteiger partial charge on any atom is -0.455 e. The van der Waals surface area contributed by atoms with Crippen LogP contribution in [0.4, 0.5) is 0 Å². The van der Waals surface area contributed by atoms with E-state index in [1.807, 2.05) is 6.07 Å². The standard InChI is InChI=1S/C31H28N2O/c1-19-17-24-20(2)26(22-11-6-4-7-12-22)28(31-32-15-10-16-33-31)30-27(24)25(18-19)21(3)29(34-30)23-13-8-5-9-14-23/h4-9,11-14,17-18H,10,15-16H2,1-3H3,(H,32,33). The van der Waals surface area contributed by atoms with Crippen molar-refractivity contribution in [1.29, 1.82) is 0 Å². The number of allylic oxidation sites excluding steroid dienone is 1. The molecule has 2 aliphatic heterocycles. The molecule has 0 atom stereocenters. The van der Waals surface area contributed by atoms with Gasteiger partial charge in [-0.3, -0.25) is 4.99 Å². The van der Waals surface area contributed by atoms with Crippen molar-refractivity contribution >= 4 is 27.9 Å². The van der Waals surface area contributed by atoms with Gasteiger partial charge in [0.15, 0.2) is 0 Å². The van der Waals surface area contributed by atoms with E-state index in [1.165, 1.54) is 44.2 Å². The summed E-state index contributed by atoms with van der Waals surface area (Å²) in [5.41, 5.74) is 9.47. The van der Waals surface area contributed by atoms with Gasteiger partial charge in [-0.1, -0.05) is 72.8 Å². The molecule has 0 saturated carbocycles. The number of ether oxygens (including phenoxy) is 1. The van der Waals surface area contributed by atoms with E-state index >= 15 is 0 Å². The van der Waals surface area contributed by atoms with Gasteiger partial charge in [-0.15, -0.1) is 0 Å². The smallest absolute Gasteiger partial charge is 0.147 e. The summed E-state index contributed by atoms with van der Waals surface area (Å²) in [7, 11) is 0. The molecule has 2 heterocycles. The number of rotatable bonds is 3. The minimum absolute atomic E-state index is 0.828. The van der Waals surface area contributed by atoms with Crippen molar-refractivity contribution in [2.24, 2.45) is 4.99 Å². The Kier molecular flexibility index (Phi) is 4.99. The van der Waals surface area contributed by atoms with Crippen LogP contribution in [-0.2, 0) is 0 Å². The zero-order valence-electron chi connectivity index (χ0n) is 19.9. The van der Waals surface area contributed by atoms with Crippen LogP contribution in [0.3, 0.4) is 0 Å². The predicted octanol–water partition coefficient (Wildman–Crippen LogP) is 7.14. The lowest BCUT2D eigenvalue weighted by Crippen LogP contribution is -2.31. The third-order valence-electron chi connectivity index (χ3n) is 6.95. The average Bonchev–Trinajstić information content (AvgIpc) is 2.88. The molecule has 6 rings (SSSR count). The van der Waals surface area contributed by atoms with Gasteiger partial charge >= 0.3 is 0 Å². The fourth-order valence-corrected chi connectivity index (χ4v) is 5.34. The molecule has 3 nitrogen and oxygen atoms in total. The molecular formula is C31H28N2O. The summed E-state index contributed by atoms with van der Waals surface area (Å²) in [6.07, 6.45) is 1.05. The van der Waals surface area contributed by atoms with Gasteiger partial charge in [-0.05, 0) is 60.4 Å². The highest BCUT2D eigenvalue weighted by Crippen LogP contribution is 2.49. The van der Waals surface area contributed by atoms with Crippen LogP contribution in [0, 0.1) is 13.8 Å². The predicted molar refractivity (Wildman–Crippen MR) is 142 cm³/mol. The van der Waals surface area contributed by atoms with E-state index in [-0.39, 0.29) is 0 Å². The molecule has 0 unspecified atom stereocenters. The summed E-state index contributed by atoms with van der Waals surface area (Å²) < 4.78 is 6.90. The van der Waals surface area contributed by atoms with Crippen LogP contribution < -0.4 is 10.1 Å². The van der Waals surface area contributed by atoms with Crippen molar-refractivity contribution in [2.75, 3.05) is 13.1 Å². The quantitative estimate of drug-likeness (QED) is 0.364. The number of aliphatic imine (C=N–C) groups is 1. The Hall–Kier alpha value is -3.85. The van der Waals surface area contributed by atoms with Crippen LogP contribution in [0.5, 0.6) is 5.75 Å². The van der Waals surface area contributed by atoms with Crippen LogP contribution in [0.1, 0.15) is 41.2 Å². The van der Waals surface area contributed by atoms with Gasteiger partial charge < -0.3 is 10.1 Å². The molecule has 34 heavy (non-hydrogen) atoms. The maximum atomic E-state index is 6.90. The Bertz CT molecular complexity index is 1480. The first-order valence-electron chi connectivity index (χ1n) is 12.0. The maximum absolute atomic E-state index is 6.90. The summed E-state index contributed by atoms with van der Waals surface area (Å²) >= 11 is 0. The molecule has 0 saturated heterocycles. The number of hydrogen-bond acceptors (Lipinski definition) is 3. The molecule has 0 fully saturated rings. The van der Waals surface area contributed by atoms with E-state index in [1.54, 1.807) is 0 Å². The Balaban J connectivity index is 1.76. The lowest BCUT2D eigenvalue weighted by molar-refractivity contribution is 0.517. The van der Waals surface area contributed by atoms with Crippen molar-refractivity contribution in [3.63, 3.8) is 0 Å². The molecule has 0 aromatic heterocycles. The molecule has 0 amide bonds. The summed E-state index contributed by atoms with van der Waals surface area (Å²) in [6.45, 7) is 8.35. The average molecular weight is 445 g/mol. The molecule has 3 heteroatoms. The molecule has 0 radical (unpaired) electrons. The first-order chi connectivity index (χ1) is 16.6. The second kappa shape index (κ2) is 8.18. The van der Waals surface area contributed by atoms with E-state index in [0.29, 0.717) is 0 Å². The molecule has 168 valence electrons. The minimum atomic E-state index is 0.828. The van der Waals surface area contributed by atoms with Crippen LogP contribution in [0.15, 0.2) is 77.8 Å². The molecule has 0 aliphatic carbocycles. The van der Waals surface area contributed by atoms with E-state index in [4.69, 9.17) is 9.73 Å². The lowest BCUT2D eigenvalue weighted by Gasteiger charge is -2.30. The number of nitrogens with zero attached hydrogens (tertiary/aromatic N) is 1. The first-order valence-corrected chi connectivity index (χ1v) is 12.0. The van der Waals surface area contributed by atoms with Gasteiger partial charge in [-0.2, -0.15) is 0 Å². The molecular weight excluding hydrogens is 416 g/mol. The van der Waals surface area contributed by atoms with Crippen LogP contribution in [0.25, 0.3) is 33.2 Å². The fourth-order valence-electron chi connectivity index (χ4n) is 5.34. The van der Waals surface area contributed by atoms with E-state index in [2.05, 4.69) is 92.8 Å². The zero-order valence-corrected chi connectivity index (χ0v) is 19.9. The van der Waals surface area contributed by atoms with Gasteiger partial charge in [0.2, 0.25) is 0 Å². The largest absolute Gasteiger partial charge is 0.455 e. The summed E-state index contributed by atoms with van der Waals surface area (Å²) in [5.74, 6) is 2.76. The second-order valence-electron chi connectivity index (χ2n) is 9.24. The molecule has 0 bridgehead atoms. The number of aryl methyl sites for hydroxylation is 2. The van der Waals surface area contributed by atoms with Gasteiger partial charge in [0.25, 0.3) is 0 Å². The number of benzene rings is 4. The van der Waals surface area contributed by atoms with Crippen LogP contribution >= 0.6 is 0 Å². The first kappa shape index (κ1) is 20.7. The molecule has 0 spiro atoms. The van der Waals surface area contributed by atoms with Gasteiger partial charge in [0.1, 0.15) is 17.3 Å². The monoisotopic (exact) mass is 444 g/mol. The summed E-state index contributed by atoms with van der Waals surface area (Å²) in [5, 5.41) is 6.02. The maximum Gasteiger partial charge on any atom is 0.147 e. The van der Waals surface area contributed by atoms with Gasteiger partial charge in [-0.25, -0.2) is 0 Å². The topological polar surface area (TPSA) is 33.6 Å². The fraction of sp³-hybridized carbons (Fsp3) is 0.194. The Morgan fingerprint density at radius 3 is 2.21 bits per heavy atom. The van der Waals surface area contributed by atoms with E-state index in [0.717, 1.165) is 48.0 Å². The van der Waals surface area contributed by atoms with E-state index in [9.17, 15) is 0 Å². The normalized spacial score (nSPS) is 15.1. The SMILES string of the molecule is CC1=C(c2ccccc2)Oc2c(C3=NCCCN3)c(-c3ccccc3)c(C)c3cc(C)cc1c23. The van der Waals surface area contributed by atoms with Crippen molar-refractivity contribution in [3.05, 3.63) is 101 Å². The summed E-state index contributed by atoms with van der Waals surface area (Å²) in [6, 6.07) is 25.7. The zero-order chi connectivity index (χ0) is 23.2. The second-order valence-corrected chi connectivity index (χ2v) is 9.24. The number of nitrogens with one attached hydrogen (secondary N) is 1. The molecule has 4 aromatic rings. The molecule has 1 N–H and O–H groups in total.